The molecule has 1 atom stereocenters. The fraction of sp³-hybridized carbons (Fsp3) is 0.733. The Morgan fingerprint density at radius 2 is 1.76 bits per heavy atom. The van der Waals surface area contributed by atoms with Gasteiger partial charge in [-0.15, -0.1) is 0 Å². The fourth-order valence-corrected chi connectivity index (χ4v) is 1.74. The SMILES string of the molecule is CCCCNCC(Oc1nc(OC)cc(OC)n1)C(C)C. The van der Waals surface area contributed by atoms with E-state index >= 15 is 0 Å². The van der Waals surface area contributed by atoms with Gasteiger partial charge in [-0.1, -0.05) is 27.2 Å². The van der Waals surface area contributed by atoms with Crippen LogP contribution in [-0.4, -0.2) is 43.4 Å². The molecule has 1 aromatic heterocycles. The number of nitrogens with zero attached hydrogens (tertiary/aromatic N) is 2. The molecule has 0 bridgehead atoms. The molecule has 0 amide bonds. The summed E-state index contributed by atoms with van der Waals surface area (Å²) in [6, 6.07) is 1.90. The van der Waals surface area contributed by atoms with Crippen molar-refractivity contribution in [3.8, 4) is 17.8 Å². The third-order valence-corrected chi connectivity index (χ3v) is 3.13. The zero-order valence-electron chi connectivity index (χ0n) is 13.7. The second kappa shape index (κ2) is 9.39. The van der Waals surface area contributed by atoms with E-state index in [1.54, 1.807) is 20.3 Å². The van der Waals surface area contributed by atoms with Crippen molar-refractivity contribution >= 4 is 0 Å². The molecule has 6 heteroatoms. The van der Waals surface area contributed by atoms with Crippen molar-refractivity contribution in [2.45, 2.75) is 39.7 Å². The maximum atomic E-state index is 5.90. The minimum absolute atomic E-state index is 0.00123. The van der Waals surface area contributed by atoms with Gasteiger partial charge in [0.05, 0.1) is 20.3 Å². The predicted octanol–water partition coefficient (Wildman–Crippen LogP) is 2.29. The molecule has 0 saturated carbocycles. The quantitative estimate of drug-likeness (QED) is 0.668. The normalized spacial score (nSPS) is 12.3. The molecule has 1 N–H and O–H groups in total. The summed E-state index contributed by atoms with van der Waals surface area (Å²) >= 11 is 0. The molecule has 0 aliphatic carbocycles. The molecule has 1 heterocycles. The standard InChI is InChI=1S/C15H27N3O3/c1-6-7-8-16-10-12(11(2)3)21-15-17-13(19-4)9-14(18-15)20-5/h9,11-12,16H,6-8,10H2,1-5H3. The Kier molecular flexibility index (Phi) is 7.82. The van der Waals surface area contributed by atoms with Crippen molar-refractivity contribution in [3.05, 3.63) is 6.07 Å². The summed E-state index contributed by atoms with van der Waals surface area (Å²) in [5.41, 5.74) is 0. The van der Waals surface area contributed by atoms with E-state index < -0.39 is 0 Å². The van der Waals surface area contributed by atoms with Gasteiger partial charge in [0.25, 0.3) is 0 Å². The van der Waals surface area contributed by atoms with Crippen LogP contribution in [0.3, 0.4) is 0 Å². The molecular formula is C15H27N3O3. The molecule has 1 aromatic rings. The molecule has 0 saturated heterocycles. The third kappa shape index (κ3) is 6.16. The zero-order valence-corrected chi connectivity index (χ0v) is 13.7. The van der Waals surface area contributed by atoms with Crippen LogP contribution in [0.5, 0.6) is 17.8 Å². The molecule has 0 fully saturated rings. The highest BCUT2D eigenvalue weighted by molar-refractivity contribution is 5.22. The van der Waals surface area contributed by atoms with Crippen LogP contribution in [-0.2, 0) is 0 Å². The van der Waals surface area contributed by atoms with Crippen LogP contribution in [0.15, 0.2) is 6.07 Å². The first-order valence-electron chi connectivity index (χ1n) is 7.45. The first kappa shape index (κ1) is 17.5. The Bertz CT molecular complexity index is 391. The van der Waals surface area contributed by atoms with Gasteiger partial charge in [0, 0.05) is 6.54 Å². The lowest BCUT2D eigenvalue weighted by Crippen LogP contribution is -2.36. The Labute approximate surface area is 127 Å². The van der Waals surface area contributed by atoms with Gasteiger partial charge in [0.15, 0.2) is 0 Å². The molecule has 1 unspecified atom stereocenters. The Morgan fingerprint density at radius 1 is 1.14 bits per heavy atom. The summed E-state index contributed by atoms with van der Waals surface area (Å²) in [7, 11) is 3.11. The lowest BCUT2D eigenvalue weighted by molar-refractivity contribution is 0.133. The van der Waals surface area contributed by atoms with E-state index in [9.17, 15) is 0 Å². The minimum atomic E-state index is -0.00123. The van der Waals surface area contributed by atoms with Crippen LogP contribution in [0.1, 0.15) is 33.6 Å². The summed E-state index contributed by atoms with van der Waals surface area (Å²) in [5.74, 6) is 1.21. The highest BCUT2D eigenvalue weighted by Gasteiger charge is 2.17. The second-order valence-electron chi connectivity index (χ2n) is 5.19. The largest absolute Gasteiger partial charge is 0.481 e. The monoisotopic (exact) mass is 297 g/mol. The van der Waals surface area contributed by atoms with Crippen molar-refractivity contribution < 1.29 is 14.2 Å². The molecule has 21 heavy (non-hydrogen) atoms. The summed E-state index contributed by atoms with van der Waals surface area (Å²) in [4.78, 5) is 8.41. The molecule has 120 valence electrons. The lowest BCUT2D eigenvalue weighted by Gasteiger charge is -2.22. The third-order valence-electron chi connectivity index (χ3n) is 3.13. The van der Waals surface area contributed by atoms with Gasteiger partial charge in [0.2, 0.25) is 11.8 Å². The lowest BCUT2D eigenvalue weighted by atomic mass is 10.1. The van der Waals surface area contributed by atoms with Gasteiger partial charge in [-0.25, -0.2) is 0 Å². The summed E-state index contributed by atoms with van der Waals surface area (Å²) < 4.78 is 16.1. The molecule has 0 aliphatic heterocycles. The molecule has 0 spiro atoms. The van der Waals surface area contributed by atoms with Crippen LogP contribution in [0.25, 0.3) is 0 Å². The summed E-state index contributed by atoms with van der Waals surface area (Å²) in [5, 5.41) is 3.40. The fourth-order valence-electron chi connectivity index (χ4n) is 1.74. The van der Waals surface area contributed by atoms with Crippen LogP contribution in [0.2, 0.25) is 0 Å². The van der Waals surface area contributed by atoms with E-state index in [1.807, 2.05) is 0 Å². The zero-order chi connectivity index (χ0) is 15.7. The van der Waals surface area contributed by atoms with Crippen LogP contribution in [0.4, 0.5) is 0 Å². The van der Waals surface area contributed by atoms with Crippen molar-refractivity contribution in [3.63, 3.8) is 0 Å². The van der Waals surface area contributed by atoms with E-state index in [0.29, 0.717) is 17.7 Å². The number of hydrogen-bond acceptors (Lipinski definition) is 6. The van der Waals surface area contributed by atoms with E-state index in [0.717, 1.165) is 19.5 Å². The molecule has 0 aliphatic rings. The average molecular weight is 297 g/mol. The van der Waals surface area contributed by atoms with E-state index in [2.05, 4.69) is 36.1 Å². The van der Waals surface area contributed by atoms with E-state index in [4.69, 9.17) is 14.2 Å². The Balaban J connectivity index is 2.69. The maximum Gasteiger partial charge on any atom is 0.323 e. The summed E-state index contributed by atoms with van der Waals surface area (Å²) in [6.07, 6.45) is 2.34. The number of methoxy groups -OCH3 is 2. The number of unbranched alkanes of at least 4 members (excludes halogenated alkanes) is 1. The number of ether oxygens (including phenoxy) is 3. The van der Waals surface area contributed by atoms with Crippen molar-refractivity contribution in [2.75, 3.05) is 27.3 Å². The first-order chi connectivity index (χ1) is 10.1. The maximum absolute atomic E-state index is 5.90. The van der Waals surface area contributed by atoms with Gasteiger partial charge >= 0.3 is 6.01 Å². The van der Waals surface area contributed by atoms with Gasteiger partial charge < -0.3 is 19.5 Å². The van der Waals surface area contributed by atoms with Crippen molar-refractivity contribution in [2.24, 2.45) is 5.92 Å². The highest BCUT2D eigenvalue weighted by atomic mass is 16.5. The summed E-state index contributed by atoms with van der Waals surface area (Å²) in [6.45, 7) is 8.16. The number of aromatic nitrogens is 2. The van der Waals surface area contributed by atoms with Gasteiger partial charge in [0.1, 0.15) is 6.10 Å². The second-order valence-corrected chi connectivity index (χ2v) is 5.19. The minimum Gasteiger partial charge on any atom is -0.481 e. The van der Waals surface area contributed by atoms with Crippen molar-refractivity contribution in [1.29, 1.82) is 0 Å². The number of nitrogens with one attached hydrogen (secondary N) is 1. The Hall–Kier alpha value is -1.56. The molecule has 0 radical (unpaired) electrons. The van der Waals surface area contributed by atoms with Crippen LogP contribution in [0, 0.1) is 5.92 Å². The van der Waals surface area contributed by atoms with Gasteiger partial charge in [-0.2, -0.15) is 9.97 Å². The van der Waals surface area contributed by atoms with Crippen LogP contribution < -0.4 is 19.5 Å². The van der Waals surface area contributed by atoms with Gasteiger partial charge in [-0.3, -0.25) is 0 Å². The number of hydrogen-bond donors (Lipinski definition) is 1. The van der Waals surface area contributed by atoms with E-state index in [-0.39, 0.29) is 12.1 Å². The van der Waals surface area contributed by atoms with Crippen LogP contribution >= 0.6 is 0 Å². The highest BCUT2D eigenvalue weighted by Crippen LogP contribution is 2.20. The number of rotatable bonds is 10. The topological polar surface area (TPSA) is 65.5 Å². The molecule has 1 rings (SSSR count). The molecular weight excluding hydrogens is 270 g/mol. The van der Waals surface area contributed by atoms with Gasteiger partial charge in [-0.05, 0) is 18.9 Å². The molecule has 6 nitrogen and oxygen atoms in total. The van der Waals surface area contributed by atoms with Crippen molar-refractivity contribution in [1.82, 2.24) is 15.3 Å². The molecule has 0 aromatic carbocycles. The predicted molar refractivity (Wildman–Crippen MR) is 82.2 cm³/mol. The average Bonchev–Trinajstić information content (AvgIpc) is 2.49. The Morgan fingerprint density at radius 3 is 2.24 bits per heavy atom. The smallest absolute Gasteiger partial charge is 0.323 e. The first-order valence-corrected chi connectivity index (χ1v) is 7.45. The van der Waals surface area contributed by atoms with E-state index in [1.165, 1.54) is 6.42 Å².